The lowest BCUT2D eigenvalue weighted by Gasteiger charge is -2.24. The third kappa shape index (κ3) is 6.15. The van der Waals surface area contributed by atoms with E-state index in [1.54, 1.807) is 0 Å². The van der Waals surface area contributed by atoms with E-state index in [0.717, 1.165) is 24.1 Å². The van der Waals surface area contributed by atoms with Gasteiger partial charge in [-0.15, -0.1) is 0 Å². The molecule has 16 heavy (non-hydrogen) atoms. The number of thiol groups is 1. The average molecular weight is 243 g/mol. The highest BCUT2D eigenvalue weighted by atomic mass is 32.1. The largest absolute Gasteiger partial charge is 0.316 e. The van der Waals surface area contributed by atoms with E-state index in [2.05, 4.69) is 24.9 Å². The van der Waals surface area contributed by atoms with Crippen LogP contribution in [0.2, 0.25) is 0 Å². The molecule has 0 aliphatic heterocycles. The van der Waals surface area contributed by atoms with Gasteiger partial charge in [-0.1, -0.05) is 51.9 Å². The van der Waals surface area contributed by atoms with Crippen molar-refractivity contribution in [1.82, 2.24) is 5.32 Å². The lowest BCUT2D eigenvalue weighted by atomic mass is 9.84. The molecule has 1 atom stereocenters. The van der Waals surface area contributed by atoms with Crippen LogP contribution in [-0.4, -0.2) is 18.8 Å². The first-order chi connectivity index (χ1) is 7.86. The van der Waals surface area contributed by atoms with Gasteiger partial charge in [-0.3, -0.25) is 0 Å². The fourth-order valence-electron chi connectivity index (χ4n) is 2.78. The summed E-state index contributed by atoms with van der Waals surface area (Å²) in [6.45, 7) is 4.58. The summed E-state index contributed by atoms with van der Waals surface area (Å²) in [4.78, 5) is 0. The van der Waals surface area contributed by atoms with Crippen LogP contribution in [0.25, 0.3) is 0 Å². The van der Waals surface area contributed by atoms with Gasteiger partial charge in [0.15, 0.2) is 0 Å². The quantitative estimate of drug-likeness (QED) is 0.487. The highest BCUT2D eigenvalue weighted by Crippen LogP contribution is 2.28. The lowest BCUT2D eigenvalue weighted by molar-refractivity contribution is 0.301. The van der Waals surface area contributed by atoms with Crippen LogP contribution in [0.5, 0.6) is 0 Å². The molecule has 1 aliphatic carbocycles. The minimum absolute atomic E-state index is 0.891. The normalized spacial score (nSPS) is 19.9. The van der Waals surface area contributed by atoms with Gasteiger partial charge in [-0.2, -0.15) is 12.6 Å². The van der Waals surface area contributed by atoms with Gasteiger partial charge in [-0.05, 0) is 24.8 Å². The second kappa shape index (κ2) is 9.35. The molecule has 0 amide bonds. The van der Waals surface area contributed by atoms with E-state index < -0.39 is 0 Å². The first-order valence-corrected chi connectivity index (χ1v) is 7.81. The van der Waals surface area contributed by atoms with Gasteiger partial charge >= 0.3 is 0 Å². The second-order valence-electron chi connectivity index (χ2n) is 5.28. The maximum Gasteiger partial charge on any atom is 0.00398 e. The molecule has 1 aliphatic rings. The molecule has 0 heterocycles. The molecule has 0 aromatic carbocycles. The molecule has 0 saturated heterocycles. The van der Waals surface area contributed by atoms with E-state index in [1.807, 2.05) is 0 Å². The molecule has 1 N–H and O–H groups in total. The summed E-state index contributed by atoms with van der Waals surface area (Å²) in [5, 5.41) is 3.50. The van der Waals surface area contributed by atoms with E-state index in [9.17, 15) is 0 Å². The highest BCUT2D eigenvalue weighted by Gasteiger charge is 2.15. The standard InChI is InChI=1S/C14H29NS/c1-2-13(12-15-10-11-16)8-9-14-6-4-3-5-7-14/h13-16H,2-12H2,1H3. The van der Waals surface area contributed by atoms with Crippen molar-refractivity contribution >= 4 is 12.6 Å². The summed E-state index contributed by atoms with van der Waals surface area (Å²) in [6.07, 6.45) is 11.7. The van der Waals surface area contributed by atoms with Crippen LogP contribution < -0.4 is 5.32 Å². The smallest absolute Gasteiger partial charge is 0.00398 e. The van der Waals surface area contributed by atoms with Crippen LogP contribution in [0.3, 0.4) is 0 Å². The van der Waals surface area contributed by atoms with Gasteiger partial charge < -0.3 is 5.32 Å². The number of rotatable bonds is 8. The molecule has 96 valence electrons. The molecule has 1 saturated carbocycles. The molecule has 1 unspecified atom stereocenters. The van der Waals surface area contributed by atoms with Crippen LogP contribution >= 0.6 is 12.6 Å². The summed E-state index contributed by atoms with van der Waals surface area (Å²) in [7, 11) is 0. The Bertz CT molecular complexity index is 155. The van der Waals surface area contributed by atoms with Gasteiger partial charge in [0.05, 0.1) is 0 Å². The molecule has 0 bridgehead atoms. The van der Waals surface area contributed by atoms with Crippen molar-refractivity contribution in [2.75, 3.05) is 18.8 Å². The predicted molar refractivity (Wildman–Crippen MR) is 76.3 cm³/mol. The summed E-state index contributed by atoms with van der Waals surface area (Å²) >= 11 is 4.23. The monoisotopic (exact) mass is 243 g/mol. The van der Waals surface area contributed by atoms with Gasteiger partial charge in [-0.25, -0.2) is 0 Å². The maximum atomic E-state index is 4.23. The zero-order valence-electron chi connectivity index (χ0n) is 10.9. The van der Waals surface area contributed by atoms with E-state index in [0.29, 0.717) is 0 Å². The minimum atomic E-state index is 0.891. The molecule has 0 radical (unpaired) electrons. The Balaban J connectivity index is 2.07. The summed E-state index contributed by atoms with van der Waals surface area (Å²) in [5.41, 5.74) is 0. The third-order valence-corrected chi connectivity index (χ3v) is 4.23. The van der Waals surface area contributed by atoms with E-state index in [4.69, 9.17) is 0 Å². The fourth-order valence-corrected chi connectivity index (χ4v) is 2.94. The molecule has 1 fully saturated rings. The fraction of sp³-hybridized carbons (Fsp3) is 1.00. The van der Waals surface area contributed by atoms with Crippen molar-refractivity contribution < 1.29 is 0 Å². The van der Waals surface area contributed by atoms with Gasteiger partial charge in [0.25, 0.3) is 0 Å². The van der Waals surface area contributed by atoms with Crippen LogP contribution in [-0.2, 0) is 0 Å². The Labute approximate surface area is 107 Å². The SMILES string of the molecule is CCC(CCC1CCCCC1)CNCCS. The maximum absolute atomic E-state index is 4.23. The van der Waals surface area contributed by atoms with E-state index >= 15 is 0 Å². The van der Waals surface area contributed by atoms with E-state index in [1.165, 1.54) is 57.9 Å². The average Bonchev–Trinajstić information content (AvgIpc) is 2.35. The molecule has 0 aromatic rings. The molecule has 2 heteroatoms. The second-order valence-corrected chi connectivity index (χ2v) is 5.73. The number of hydrogen-bond donors (Lipinski definition) is 2. The summed E-state index contributed by atoms with van der Waals surface area (Å²) < 4.78 is 0. The summed E-state index contributed by atoms with van der Waals surface area (Å²) in [6, 6.07) is 0. The zero-order chi connectivity index (χ0) is 11.6. The topological polar surface area (TPSA) is 12.0 Å². The first-order valence-electron chi connectivity index (χ1n) is 7.18. The highest BCUT2D eigenvalue weighted by molar-refractivity contribution is 7.80. The Morgan fingerprint density at radius 1 is 1.25 bits per heavy atom. The van der Waals surface area contributed by atoms with Crippen LogP contribution in [0.4, 0.5) is 0 Å². The first kappa shape index (κ1) is 14.4. The van der Waals surface area contributed by atoms with Gasteiger partial charge in [0.2, 0.25) is 0 Å². The zero-order valence-corrected chi connectivity index (χ0v) is 11.8. The number of nitrogens with one attached hydrogen (secondary N) is 1. The minimum Gasteiger partial charge on any atom is -0.316 e. The van der Waals surface area contributed by atoms with Gasteiger partial charge in [0, 0.05) is 12.3 Å². The lowest BCUT2D eigenvalue weighted by Crippen LogP contribution is -2.25. The molecular formula is C14H29NS. The molecular weight excluding hydrogens is 214 g/mol. The Kier molecular flexibility index (Phi) is 8.40. The van der Waals surface area contributed by atoms with Crippen LogP contribution in [0.1, 0.15) is 58.3 Å². The predicted octanol–water partition coefficient (Wildman–Crippen LogP) is 3.89. The van der Waals surface area contributed by atoms with Gasteiger partial charge in [0.1, 0.15) is 0 Å². The number of hydrogen-bond acceptors (Lipinski definition) is 2. The molecule has 1 nitrogen and oxygen atoms in total. The third-order valence-electron chi connectivity index (χ3n) is 4.01. The van der Waals surface area contributed by atoms with Crippen LogP contribution in [0.15, 0.2) is 0 Å². The molecule has 1 rings (SSSR count). The Hall–Kier alpha value is 0.310. The summed E-state index contributed by atoms with van der Waals surface area (Å²) in [5.74, 6) is 2.90. The van der Waals surface area contributed by atoms with Crippen molar-refractivity contribution in [3.8, 4) is 0 Å². The van der Waals surface area contributed by atoms with Crippen molar-refractivity contribution in [2.45, 2.75) is 58.3 Å². The Morgan fingerprint density at radius 2 is 2.00 bits per heavy atom. The Morgan fingerprint density at radius 3 is 2.62 bits per heavy atom. The van der Waals surface area contributed by atoms with Crippen molar-refractivity contribution in [2.24, 2.45) is 11.8 Å². The molecule has 0 aromatic heterocycles. The van der Waals surface area contributed by atoms with E-state index in [-0.39, 0.29) is 0 Å². The van der Waals surface area contributed by atoms with Crippen LogP contribution in [0, 0.1) is 11.8 Å². The molecule has 0 spiro atoms. The van der Waals surface area contributed by atoms with Crippen molar-refractivity contribution in [3.63, 3.8) is 0 Å². The van der Waals surface area contributed by atoms with Crippen molar-refractivity contribution in [1.29, 1.82) is 0 Å². The van der Waals surface area contributed by atoms with Crippen molar-refractivity contribution in [3.05, 3.63) is 0 Å².